The standard InChI is InChI=1S/C22H25N3O4S2/c1-15(2)31(27,28)19-7-5-16(6-8-19)12-20(26)25-10-3-4-17(13-25)21-23-24-22(29-21)18-9-11-30-14-18/h5-9,11,14-15,17H,3-4,10,12-13H2,1-2H3. The SMILES string of the molecule is CC(C)S(=O)(=O)c1ccc(CC(=O)N2CCCC(c3nnc(-c4ccsc4)o3)C2)cc1. The van der Waals surface area contributed by atoms with Crippen LogP contribution in [0.5, 0.6) is 0 Å². The maximum absolute atomic E-state index is 12.9. The van der Waals surface area contributed by atoms with Crippen molar-refractivity contribution in [1.29, 1.82) is 0 Å². The zero-order valence-corrected chi connectivity index (χ0v) is 19.2. The number of benzene rings is 1. The van der Waals surface area contributed by atoms with E-state index in [1.54, 1.807) is 49.4 Å². The summed E-state index contributed by atoms with van der Waals surface area (Å²) in [6, 6.07) is 8.55. The number of thiophene rings is 1. The van der Waals surface area contributed by atoms with Gasteiger partial charge in [0.25, 0.3) is 0 Å². The van der Waals surface area contributed by atoms with E-state index in [1.165, 1.54) is 0 Å². The number of piperidine rings is 1. The molecule has 0 radical (unpaired) electrons. The maximum atomic E-state index is 12.9. The van der Waals surface area contributed by atoms with E-state index < -0.39 is 15.1 Å². The summed E-state index contributed by atoms with van der Waals surface area (Å²) in [6.07, 6.45) is 2.01. The number of nitrogens with zero attached hydrogens (tertiary/aromatic N) is 3. The number of hydrogen-bond acceptors (Lipinski definition) is 7. The van der Waals surface area contributed by atoms with Crippen LogP contribution in [0.25, 0.3) is 11.5 Å². The molecule has 1 atom stereocenters. The molecule has 0 saturated carbocycles. The predicted molar refractivity (Wildman–Crippen MR) is 119 cm³/mol. The Bertz CT molecular complexity index is 1140. The topological polar surface area (TPSA) is 93.4 Å². The normalized spacial score (nSPS) is 17.3. The summed E-state index contributed by atoms with van der Waals surface area (Å²) in [5, 5.41) is 11.8. The van der Waals surface area contributed by atoms with Gasteiger partial charge in [-0.2, -0.15) is 11.3 Å². The van der Waals surface area contributed by atoms with Crippen molar-refractivity contribution >= 4 is 27.1 Å². The Morgan fingerprint density at radius 2 is 2.00 bits per heavy atom. The fourth-order valence-electron chi connectivity index (χ4n) is 3.66. The Hall–Kier alpha value is -2.52. The van der Waals surface area contributed by atoms with E-state index in [-0.39, 0.29) is 23.1 Å². The van der Waals surface area contributed by atoms with Gasteiger partial charge in [0.1, 0.15) is 0 Å². The number of sulfone groups is 1. The molecule has 1 amide bonds. The zero-order valence-electron chi connectivity index (χ0n) is 17.5. The molecule has 0 N–H and O–H groups in total. The van der Waals surface area contributed by atoms with Gasteiger partial charge in [0.15, 0.2) is 9.84 Å². The molecule has 1 unspecified atom stereocenters. The number of likely N-dealkylation sites (tertiary alicyclic amines) is 1. The van der Waals surface area contributed by atoms with Crippen LogP contribution in [-0.4, -0.2) is 47.8 Å². The maximum Gasteiger partial charge on any atom is 0.248 e. The fraction of sp³-hybridized carbons (Fsp3) is 0.409. The summed E-state index contributed by atoms with van der Waals surface area (Å²) in [4.78, 5) is 15.0. The first kappa shape index (κ1) is 21.7. The predicted octanol–water partition coefficient (Wildman–Crippen LogP) is 3.93. The number of aromatic nitrogens is 2. The molecular formula is C22H25N3O4S2. The number of hydrogen-bond donors (Lipinski definition) is 0. The number of amides is 1. The highest BCUT2D eigenvalue weighted by Gasteiger charge is 2.28. The van der Waals surface area contributed by atoms with Gasteiger partial charge in [-0.15, -0.1) is 10.2 Å². The van der Waals surface area contributed by atoms with Crippen molar-refractivity contribution in [1.82, 2.24) is 15.1 Å². The van der Waals surface area contributed by atoms with Crippen LogP contribution < -0.4 is 0 Å². The molecule has 1 aliphatic rings. The summed E-state index contributed by atoms with van der Waals surface area (Å²) in [5.74, 6) is 1.12. The van der Waals surface area contributed by atoms with Gasteiger partial charge in [-0.05, 0) is 55.8 Å². The molecule has 164 valence electrons. The highest BCUT2D eigenvalue weighted by molar-refractivity contribution is 7.92. The first-order valence-electron chi connectivity index (χ1n) is 10.3. The molecule has 2 aromatic heterocycles. The molecular weight excluding hydrogens is 434 g/mol. The van der Waals surface area contributed by atoms with Gasteiger partial charge in [-0.3, -0.25) is 4.79 Å². The van der Waals surface area contributed by atoms with Crippen LogP contribution in [0.2, 0.25) is 0 Å². The number of rotatable bonds is 6. The van der Waals surface area contributed by atoms with Crippen molar-refractivity contribution in [2.45, 2.75) is 49.2 Å². The Labute approximate surface area is 186 Å². The van der Waals surface area contributed by atoms with Gasteiger partial charge in [-0.25, -0.2) is 8.42 Å². The Kier molecular flexibility index (Phi) is 6.24. The molecule has 3 aromatic rings. The Morgan fingerprint density at radius 1 is 1.23 bits per heavy atom. The minimum absolute atomic E-state index is 0.0155. The Morgan fingerprint density at radius 3 is 2.68 bits per heavy atom. The van der Waals surface area contributed by atoms with E-state index in [1.807, 2.05) is 21.7 Å². The Balaban J connectivity index is 1.40. The second-order valence-corrected chi connectivity index (χ2v) is 11.3. The number of carbonyl (C=O) groups is 1. The largest absolute Gasteiger partial charge is 0.420 e. The molecule has 0 bridgehead atoms. The van der Waals surface area contributed by atoms with Crippen molar-refractivity contribution in [3.8, 4) is 11.5 Å². The molecule has 31 heavy (non-hydrogen) atoms. The minimum Gasteiger partial charge on any atom is -0.420 e. The molecule has 1 saturated heterocycles. The van der Waals surface area contributed by atoms with Crippen molar-refractivity contribution in [3.63, 3.8) is 0 Å². The van der Waals surface area contributed by atoms with Crippen LogP contribution in [0.4, 0.5) is 0 Å². The van der Waals surface area contributed by atoms with E-state index in [4.69, 9.17) is 4.42 Å². The molecule has 1 aromatic carbocycles. The molecule has 0 spiro atoms. The molecule has 0 aliphatic carbocycles. The first-order chi connectivity index (χ1) is 14.8. The second-order valence-electron chi connectivity index (χ2n) is 8.05. The van der Waals surface area contributed by atoms with Gasteiger partial charge in [0, 0.05) is 24.0 Å². The van der Waals surface area contributed by atoms with Crippen molar-refractivity contribution in [3.05, 3.63) is 52.5 Å². The average Bonchev–Trinajstić information content (AvgIpc) is 3.46. The average molecular weight is 460 g/mol. The first-order valence-corrected chi connectivity index (χ1v) is 12.8. The summed E-state index contributed by atoms with van der Waals surface area (Å²) < 4.78 is 30.4. The van der Waals surface area contributed by atoms with Crippen LogP contribution >= 0.6 is 11.3 Å². The van der Waals surface area contributed by atoms with Crippen LogP contribution in [0.1, 0.15) is 44.1 Å². The van der Waals surface area contributed by atoms with Gasteiger partial charge < -0.3 is 9.32 Å². The van der Waals surface area contributed by atoms with E-state index in [2.05, 4.69) is 10.2 Å². The van der Waals surface area contributed by atoms with Crippen molar-refractivity contribution < 1.29 is 17.6 Å². The third kappa shape index (κ3) is 4.72. The lowest BCUT2D eigenvalue weighted by atomic mass is 9.97. The summed E-state index contributed by atoms with van der Waals surface area (Å²) in [7, 11) is -3.31. The fourth-order valence-corrected chi connectivity index (χ4v) is 5.35. The van der Waals surface area contributed by atoms with E-state index in [0.717, 1.165) is 24.0 Å². The van der Waals surface area contributed by atoms with Crippen LogP contribution in [-0.2, 0) is 21.1 Å². The van der Waals surface area contributed by atoms with Crippen molar-refractivity contribution in [2.24, 2.45) is 0 Å². The summed E-state index contributed by atoms with van der Waals surface area (Å²) in [5.41, 5.74) is 1.71. The highest BCUT2D eigenvalue weighted by atomic mass is 32.2. The highest BCUT2D eigenvalue weighted by Crippen LogP contribution is 2.29. The molecule has 1 aliphatic heterocycles. The van der Waals surface area contributed by atoms with Crippen LogP contribution in [0, 0.1) is 0 Å². The molecule has 3 heterocycles. The van der Waals surface area contributed by atoms with Crippen LogP contribution in [0.3, 0.4) is 0 Å². The molecule has 7 nitrogen and oxygen atoms in total. The van der Waals surface area contributed by atoms with E-state index in [9.17, 15) is 13.2 Å². The lowest BCUT2D eigenvalue weighted by Crippen LogP contribution is -2.40. The summed E-state index contributed by atoms with van der Waals surface area (Å²) >= 11 is 1.57. The molecule has 1 fully saturated rings. The van der Waals surface area contributed by atoms with Crippen LogP contribution in [0.15, 0.2) is 50.4 Å². The zero-order chi connectivity index (χ0) is 22.0. The summed E-state index contributed by atoms with van der Waals surface area (Å²) in [6.45, 7) is 4.56. The number of carbonyl (C=O) groups excluding carboxylic acids is 1. The smallest absolute Gasteiger partial charge is 0.248 e. The van der Waals surface area contributed by atoms with Gasteiger partial charge in [0.2, 0.25) is 17.7 Å². The monoisotopic (exact) mass is 459 g/mol. The lowest BCUT2D eigenvalue weighted by Gasteiger charge is -2.31. The second kappa shape index (κ2) is 8.92. The van der Waals surface area contributed by atoms with E-state index in [0.29, 0.717) is 24.9 Å². The quantitative estimate of drug-likeness (QED) is 0.554. The lowest BCUT2D eigenvalue weighted by molar-refractivity contribution is -0.131. The van der Waals surface area contributed by atoms with Gasteiger partial charge >= 0.3 is 0 Å². The van der Waals surface area contributed by atoms with Crippen molar-refractivity contribution in [2.75, 3.05) is 13.1 Å². The van der Waals surface area contributed by atoms with E-state index >= 15 is 0 Å². The third-order valence-corrected chi connectivity index (χ3v) is 8.41. The van der Waals surface area contributed by atoms with Gasteiger partial charge in [-0.1, -0.05) is 12.1 Å². The third-order valence-electron chi connectivity index (χ3n) is 5.56. The van der Waals surface area contributed by atoms with Gasteiger partial charge in [0.05, 0.1) is 22.5 Å². The molecule has 4 rings (SSSR count). The minimum atomic E-state index is -3.31. The molecule has 9 heteroatoms.